The first kappa shape index (κ1) is 14.5. The molecule has 1 saturated heterocycles. The van der Waals surface area contributed by atoms with Crippen LogP contribution in [-0.4, -0.2) is 45.3 Å². The Morgan fingerprint density at radius 1 is 1.17 bits per heavy atom. The van der Waals surface area contributed by atoms with Crippen LogP contribution < -0.4 is 0 Å². The Morgan fingerprint density at radius 3 is 2.50 bits per heavy atom. The number of rotatable bonds is 5. The van der Waals surface area contributed by atoms with E-state index < -0.39 is 8.07 Å². The lowest BCUT2D eigenvalue weighted by molar-refractivity contribution is 0.0317. The van der Waals surface area contributed by atoms with Gasteiger partial charge in [-0.3, -0.25) is 0 Å². The Bertz CT molecular complexity index is 274. The van der Waals surface area contributed by atoms with Gasteiger partial charge >= 0.3 is 0 Å². The van der Waals surface area contributed by atoms with Crippen LogP contribution in [0.2, 0.25) is 25.2 Å². The van der Waals surface area contributed by atoms with Crippen molar-refractivity contribution in [3.8, 4) is 0 Å². The predicted molar refractivity (Wildman–Crippen MR) is 80.9 cm³/mol. The molecule has 3 heteroatoms. The van der Waals surface area contributed by atoms with Gasteiger partial charge in [0.25, 0.3) is 0 Å². The molecule has 1 aliphatic carbocycles. The summed E-state index contributed by atoms with van der Waals surface area (Å²) in [6.45, 7) is 14.4. The molecule has 0 atom stereocenters. The van der Waals surface area contributed by atoms with Gasteiger partial charge in [-0.15, -0.1) is 0 Å². The maximum Gasteiger partial charge on any atom is 0.0538 e. The molecule has 106 valence electrons. The first-order chi connectivity index (χ1) is 8.41. The average molecular weight is 270 g/mol. The van der Waals surface area contributed by atoms with Gasteiger partial charge in [-0.1, -0.05) is 19.1 Å². The van der Waals surface area contributed by atoms with Gasteiger partial charge in [0.15, 0.2) is 0 Å². The lowest BCUT2D eigenvalue weighted by Gasteiger charge is -2.27. The predicted octanol–water partition coefficient (Wildman–Crippen LogP) is 3.61. The summed E-state index contributed by atoms with van der Waals surface area (Å²) in [6.07, 6.45) is 4.59. The molecule has 0 aromatic heterocycles. The topological polar surface area (TPSA) is 12.5 Å². The van der Waals surface area contributed by atoms with E-state index in [1.54, 1.807) is 0 Å². The Labute approximate surface area is 114 Å². The lowest BCUT2D eigenvalue weighted by Crippen LogP contribution is -2.35. The van der Waals surface area contributed by atoms with Crippen molar-refractivity contribution in [2.75, 3.05) is 26.2 Å². The fourth-order valence-corrected chi connectivity index (χ4v) is 5.27. The quantitative estimate of drug-likeness (QED) is 0.707. The summed E-state index contributed by atoms with van der Waals surface area (Å²) in [4.78, 5) is 2.73. The summed E-state index contributed by atoms with van der Waals surface area (Å²) in [5.74, 6) is 0. The van der Waals surface area contributed by atoms with Crippen LogP contribution in [-0.2, 0) is 4.74 Å². The van der Waals surface area contributed by atoms with Gasteiger partial charge in [-0.2, -0.15) is 0 Å². The minimum absolute atomic E-state index is 0.387. The Morgan fingerprint density at radius 2 is 1.89 bits per heavy atom. The molecule has 2 nitrogen and oxygen atoms in total. The number of hydrogen-bond acceptors (Lipinski definition) is 2. The van der Waals surface area contributed by atoms with Crippen molar-refractivity contribution in [1.29, 1.82) is 0 Å². The number of nitrogens with zero attached hydrogens (tertiary/aromatic N) is 1. The third-order valence-corrected chi connectivity index (χ3v) is 7.96. The zero-order chi connectivity index (χ0) is 13.2. The average Bonchev–Trinajstić information content (AvgIpc) is 3.04. The second-order valence-electron chi connectivity index (χ2n) is 7.65. The molecule has 0 radical (unpaired) electrons. The Balaban J connectivity index is 1.79. The Kier molecular flexibility index (Phi) is 4.55. The summed E-state index contributed by atoms with van der Waals surface area (Å²) in [6, 6.07) is 3.02. The van der Waals surface area contributed by atoms with Gasteiger partial charge in [-0.25, -0.2) is 0 Å². The van der Waals surface area contributed by atoms with Crippen molar-refractivity contribution in [2.45, 2.75) is 64.4 Å². The van der Waals surface area contributed by atoms with Gasteiger partial charge in [0.1, 0.15) is 0 Å². The van der Waals surface area contributed by atoms with Crippen molar-refractivity contribution in [3.63, 3.8) is 0 Å². The van der Waals surface area contributed by atoms with E-state index in [1.807, 2.05) is 0 Å². The van der Waals surface area contributed by atoms with Gasteiger partial charge in [0.05, 0.1) is 12.7 Å². The molecule has 0 unspecified atom stereocenters. The standard InChI is InChI=1S/C15H31NOSi/c1-14(2)17-13-15(6-7-15)12-16-8-5-10-18(3,4)11-9-16/h14H,5-13H2,1-4H3. The fourth-order valence-electron chi connectivity index (χ4n) is 2.98. The highest BCUT2D eigenvalue weighted by molar-refractivity contribution is 6.77. The van der Waals surface area contributed by atoms with Crippen LogP contribution in [0.3, 0.4) is 0 Å². The monoisotopic (exact) mass is 269 g/mol. The molecule has 0 bridgehead atoms. The molecule has 0 N–H and O–H groups in total. The summed E-state index contributed by atoms with van der Waals surface area (Å²) < 4.78 is 5.86. The van der Waals surface area contributed by atoms with E-state index in [1.165, 1.54) is 51.0 Å². The second kappa shape index (κ2) is 5.64. The first-order valence-corrected chi connectivity index (χ1v) is 11.2. The highest BCUT2D eigenvalue weighted by Crippen LogP contribution is 2.47. The highest BCUT2D eigenvalue weighted by Gasteiger charge is 2.44. The van der Waals surface area contributed by atoms with Gasteiger partial charge in [0, 0.05) is 20.0 Å². The van der Waals surface area contributed by atoms with E-state index in [0.29, 0.717) is 11.5 Å². The van der Waals surface area contributed by atoms with Crippen LogP contribution >= 0.6 is 0 Å². The van der Waals surface area contributed by atoms with Crippen molar-refractivity contribution < 1.29 is 4.74 Å². The minimum atomic E-state index is -0.847. The van der Waals surface area contributed by atoms with Crippen molar-refractivity contribution in [2.24, 2.45) is 5.41 Å². The van der Waals surface area contributed by atoms with E-state index in [-0.39, 0.29) is 0 Å². The first-order valence-electron chi connectivity index (χ1n) is 7.75. The van der Waals surface area contributed by atoms with Crippen LogP contribution in [0.15, 0.2) is 0 Å². The van der Waals surface area contributed by atoms with E-state index in [2.05, 4.69) is 31.8 Å². The summed E-state index contributed by atoms with van der Waals surface area (Å²) in [7, 11) is -0.847. The second-order valence-corrected chi connectivity index (χ2v) is 13.0. The Hall–Kier alpha value is 0.137. The third kappa shape index (κ3) is 4.36. The van der Waals surface area contributed by atoms with Crippen LogP contribution in [0.25, 0.3) is 0 Å². The van der Waals surface area contributed by atoms with Crippen molar-refractivity contribution >= 4 is 8.07 Å². The molecule has 18 heavy (non-hydrogen) atoms. The van der Waals surface area contributed by atoms with Crippen molar-refractivity contribution in [3.05, 3.63) is 0 Å². The van der Waals surface area contributed by atoms with E-state index in [9.17, 15) is 0 Å². The smallest absolute Gasteiger partial charge is 0.0538 e. The SMILES string of the molecule is CC(C)OCC1(CN2CCC[Si](C)(C)CC2)CC1. The van der Waals surface area contributed by atoms with Gasteiger partial charge in [0.2, 0.25) is 0 Å². The zero-order valence-electron chi connectivity index (χ0n) is 12.8. The molecule has 0 spiro atoms. The van der Waals surface area contributed by atoms with E-state index >= 15 is 0 Å². The summed E-state index contributed by atoms with van der Waals surface area (Å²) in [5, 5.41) is 0. The van der Waals surface area contributed by atoms with Crippen molar-refractivity contribution in [1.82, 2.24) is 4.90 Å². The zero-order valence-corrected chi connectivity index (χ0v) is 13.8. The molecule has 0 amide bonds. The fraction of sp³-hybridized carbons (Fsp3) is 1.00. The molecule has 0 aromatic carbocycles. The minimum Gasteiger partial charge on any atom is -0.378 e. The molecular weight excluding hydrogens is 238 g/mol. The lowest BCUT2D eigenvalue weighted by atomic mass is 10.1. The molecule has 2 rings (SSSR count). The largest absolute Gasteiger partial charge is 0.378 e. The third-order valence-electron chi connectivity index (χ3n) is 4.67. The maximum absolute atomic E-state index is 5.86. The summed E-state index contributed by atoms with van der Waals surface area (Å²) >= 11 is 0. The highest BCUT2D eigenvalue weighted by atomic mass is 28.3. The van der Waals surface area contributed by atoms with E-state index in [0.717, 1.165) is 6.61 Å². The van der Waals surface area contributed by atoms with Crippen LogP contribution in [0, 0.1) is 5.41 Å². The molecule has 2 aliphatic rings. The summed E-state index contributed by atoms with van der Waals surface area (Å²) in [5.41, 5.74) is 0.528. The molecular formula is C15H31NOSi. The molecule has 1 aliphatic heterocycles. The van der Waals surface area contributed by atoms with Crippen LogP contribution in [0.1, 0.15) is 33.1 Å². The van der Waals surface area contributed by atoms with Gasteiger partial charge < -0.3 is 9.64 Å². The maximum atomic E-state index is 5.86. The number of hydrogen-bond donors (Lipinski definition) is 0. The van der Waals surface area contributed by atoms with Crippen LogP contribution in [0.5, 0.6) is 0 Å². The number of ether oxygens (including phenoxy) is 1. The van der Waals surface area contributed by atoms with Gasteiger partial charge in [-0.05, 0) is 52.2 Å². The molecule has 0 aromatic rings. The van der Waals surface area contributed by atoms with E-state index in [4.69, 9.17) is 4.74 Å². The molecule has 2 fully saturated rings. The van der Waals surface area contributed by atoms with Crippen LogP contribution in [0.4, 0.5) is 0 Å². The molecule has 1 heterocycles. The normalized spacial score (nSPS) is 27.2. The molecule has 1 saturated carbocycles.